The molecule has 0 aliphatic heterocycles. The molecule has 3 heteroatoms. The molecular weight excluding hydrogens is 304 g/mol. The monoisotopic (exact) mass is 318 g/mol. The number of esters is 1. The van der Waals surface area contributed by atoms with Gasteiger partial charge in [-0.3, -0.25) is 0 Å². The quantitative estimate of drug-likeness (QED) is 0.600. The maximum absolute atomic E-state index is 12.0. The first-order valence-electron chi connectivity index (χ1n) is 6.14. The van der Waals surface area contributed by atoms with Crippen LogP contribution in [0.15, 0.2) is 53.0 Å². The van der Waals surface area contributed by atoms with Crippen molar-refractivity contribution in [2.45, 2.75) is 19.8 Å². The van der Waals surface area contributed by atoms with Crippen LogP contribution in [0.1, 0.15) is 35.7 Å². The smallest absolute Gasteiger partial charge is 0.343 e. The van der Waals surface area contributed by atoms with Crippen LogP contribution in [-0.4, -0.2) is 5.97 Å². The molecule has 0 spiro atoms. The molecule has 0 N–H and O–H groups in total. The predicted molar refractivity (Wildman–Crippen MR) is 79.6 cm³/mol. The number of rotatable bonds is 3. The first kappa shape index (κ1) is 13.8. The fourth-order valence-corrected chi connectivity index (χ4v) is 2.18. The molecule has 0 unspecified atom stereocenters. The van der Waals surface area contributed by atoms with Crippen LogP contribution >= 0.6 is 15.9 Å². The molecule has 0 heterocycles. The van der Waals surface area contributed by atoms with Crippen LogP contribution < -0.4 is 4.74 Å². The largest absolute Gasteiger partial charge is 0.423 e. The number of carbonyl (C=O) groups is 1. The zero-order chi connectivity index (χ0) is 13.8. The maximum atomic E-state index is 12.0. The predicted octanol–water partition coefficient (Wildman–Crippen LogP) is 4.79. The lowest BCUT2D eigenvalue weighted by Gasteiger charge is -2.13. The topological polar surface area (TPSA) is 26.3 Å². The zero-order valence-corrected chi connectivity index (χ0v) is 12.5. The van der Waals surface area contributed by atoms with E-state index < -0.39 is 0 Å². The summed E-state index contributed by atoms with van der Waals surface area (Å²) < 4.78 is 6.47. The normalized spacial score (nSPS) is 10.5. The SMILES string of the molecule is CC(C)c1cc(Br)ccc1OC(=O)c1ccccc1. The van der Waals surface area contributed by atoms with E-state index >= 15 is 0 Å². The zero-order valence-electron chi connectivity index (χ0n) is 10.9. The Morgan fingerprint density at radius 1 is 1.11 bits per heavy atom. The van der Waals surface area contributed by atoms with Gasteiger partial charge in [0.15, 0.2) is 0 Å². The third-order valence-electron chi connectivity index (χ3n) is 2.81. The summed E-state index contributed by atoms with van der Waals surface area (Å²) >= 11 is 3.44. The standard InChI is InChI=1S/C16H15BrO2/c1-11(2)14-10-13(17)8-9-15(14)19-16(18)12-6-4-3-5-7-12/h3-11H,1-2H3. The highest BCUT2D eigenvalue weighted by Gasteiger charge is 2.13. The molecule has 0 aromatic heterocycles. The van der Waals surface area contributed by atoms with Crippen LogP contribution in [0.2, 0.25) is 0 Å². The van der Waals surface area contributed by atoms with Crippen LogP contribution in [0.3, 0.4) is 0 Å². The third-order valence-corrected chi connectivity index (χ3v) is 3.30. The summed E-state index contributed by atoms with van der Waals surface area (Å²) in [5.41, 5.74) is 1.57. The Morgan fingerprint density at radius 3 is 2.42 bits per heavy atom. The third kappa shape index (κ3) is 3.44. The van der Waals surface area contributed by atoms with Crippen molar-refractivity contribution in [3.8, 4) is 5.75 Å². The minimum atomic E-state index is -0.329. The van der Waals surface area contributed by atoms with E-state index in [0.29, 0.717) is 11.3 Å². The molecule has 0 atom stereocenters. The van der Waals surface area contributed by atoms with E-state index in [2.05, 4.69) is 29.8 Å². The number of hydrogen-bond donors (Lipinski definition) is 0. The lowest BCUT2D eigenvalue weighted by molar-refractivity contribution is 0.0733. The highest BCUT2D eigenvalue weighted by Crippen LogP contribution is 2.30. The first-order valence-corrected chi connectivity index (χ1v) is 6.94. The fourth-order valence-electron chi connectivity index (χ4n) is 1.80. The molecule has 2 rings (SSSR count). The molecule has 98 valence electrons. The summed E-state index contributed by atoms with van der Waals surface area (Å²) in [4.78, 5) is 12.0. The van der Waals surface area contributed by atoms with Crippen molar-refractivity contribution < 1.29 is 9.53 Å². The lowest BCUT2D eigenvalue weighted by atomic mass is 10.0. The number of ether oxygens (including phenoxy) is 1. The Bertz CT molecular complexity index is 577. The Balaban J connectivity index is 2.27. The molecule has 0 saturated carbocycles. The second-order valence-corrected chi connectivity index (χ2v) is 5.51. The van der Waals surface area contributed by atoms with Gasteiger partial charge in [-0.1, -0.05) is 48.0 Å². The molecule has 19 heavy (non-hydrogen) atoms. The Morgan fingerprint density at radius 2 is 1.79 bits per heavy atom. The van der Waals surface area contributed by atoms with Crippen LogP contribution in [0.25, 0.3) is 0 Å². The summed E-state index contributed by atoms with van der Waals surface area (Å²) in [6.07, 6.45) is 0. The summed E-state index contributed by atoms with van der Waals surface area (Å²) in [6.45, 7) is 4.14. The molecule has 0 aliphatic carbocycles. The van der Waals surface area contributed by atoms with E-state index in [9.17, 15) is 4.79 Å². The minimum Gasteiger partial charge on any atom is -0.423 e. The molecule has 0 aliphatic rings. The number of halogens is 1. The Kier molecular flexibility index (Phi) is 4.38. The van der Waals surface area contributed by atoms with Gasteiger partial charge in [0.25, 0.3) is 0 Å². The van der Waals surface area contributed by atoms with Gasteiger partial charge in [0, 0.05) is 4.47 Å². The van der Waals surface area contributed by atoms with Gasteiger partial charge >= 0.3 is 5.97 Å². The van der Waals surface area contributed by atoms with E-state index in [0.717, 1.165) is 10.0 Å². The molecule has 2 aromatic rings. The molecule has 0 bridgehead atoms. The minimum absolute atomic E-state index is 0.288. The van der Waals surface area contributed by atoms with Crippen LogP contribution in [-0.2, 0) is 0 Å². The fraction of sp³-hybridized carbons (Fsp3) is 0.188. The molecule has 2 nitrogen and oxygen atoms in total. The molecule has 0 radical (unpaired) electrons. The summed E-state index contributed by atoms with van der Waals surface area (Å²) in [5, 5.41) is 0. The average molecular weight is 319 g/mol. The van der Waals surface area contributed by atoms with E-state index in [1.165, 1.54) is 0 Å². The van der Waals surface area contributed by atoms with Crippen molar-refractivity contribution in [2.75, 3.05) is 0 Å². The van der Waals surface area contributed by atoms with Gasteiger partial charge in [0.1, 0.15) is 5.75 Å². The summed E-state index contributed by atoms with van der Waals surface area (Å²) in [5.74, 6) is 0.577. The van der Waals surface area contributed by atoms with E-state index in [-0.39, 0.29) is 11.9 Å². The Hall–Kier alpha value is -1.61. The second kappa shape index (κ2) is 6.02. The van der Waals surface area contributed by atoms with E-state index in [4.69, 9.17) is 4.74 Å². The highest BCUT2D eigenvalue weighted by molar-refractivity contribution is 9.10. The van der Waals surface area contributed by atoms with Crippen LogP contribution in [0.4, 0.5) is 0 Å². The van der Waals surface area contributed by atoms with Crippen molar-refractivity contribution in [2.24, 2.45) is 0 Å². The van der Waals surface area contributed by atoms with Crippen molar-refractivity contribution in [3.05, 3.63) is 64.1 Å². The van der Waals surface area contributed by atoms with Crippen LogP contribution in [0.5, 0.6) is 5.75 Å². The second-order valence-electron chi connectivity index (χ2n) is 4.59. The summed E-state index contributed by atoms with van der Waals surface area (Å²) in [6, 6.07) is 14.7. The molecule has 0 fully saturated rings. The van der Waals surface area contributed by atoms with Gasteiger partial charge in [-0.15, -0.1) is 0 Å². The van der Waals surface area contributed by atoms with Gasteiger partial charge in [-0.05, 0) is 41.8 Å². The van der Waals surface area contributed by atoms with Gasteiger partial charge in [-0.2, -0.15) is 0 Å². The van der Waals surface area contributed by atoms with Gasteiger partial charge < -0.3 is 4.74 Å². The van der Waals surface area contributed by atoms with Crippen molar-refractivity contribution in [3.63, 3.8) is 0 Å². The van der Waals surface area contributed by atoms with E-state index in [1.807, 2.05) is 36.4 Å². The first-order chi connectivity index (χ1) is 9.08. The van der Waals surface area contributed by atoms with Crippen LogP contribution in [0, 0.1) is 0 Å². The van der Waals surface area contributed by atoms with Crippen molar-refractivity contribution in [1.82, 2.24) is 0 Å². The highest BCUT2D eigenvalue weighted by atomic mass is 79.9. The van der Waals surface area contributed by atoms with E-state index in [1.54, 1.807) is 12.1 Å². The number of benzene rings is 2. The molecule has 2 aromatic carbocycles. The van der Waals surface area contributed by atoms with Crippen molar-refractivity contribution in [1.29, 1.82) is 0 Å². The Labute approximate surface area is 121 Å². The molecular formula is C16H15BrO2. The van der Waals surface area contributed by atoms with Gasteiger partial charge in [0.05, 0.1) is 5.56 Å². The maximum Gasteiger partial charge on any atom is 0.343 e. The number of carbonyl (C=O) groups excluding carboxylic acids is 1. The average Bonchev–Trinajstić information content (AvgIpc) is 2.41. The number of hydrogen-bond acceptors (Lipinski definition) is 2. The molecule has 0 amide bonds. The van der Waals surface area contributed by atoms with Gasteiger partial charge in [0.2, 0.25) is 0 Å². The summed E-state index contributed by atoms with van der Waals surface area (Å²) in [7, 11) is 0. The molecule has 0 saturated heterocycles. The lowest BCUT2D eigenvalue weighted by Crippen LogP contribution is -2.10. The van der Waals surface area contributed by atoms with Gasteiger partial charge in [-0.25, -0.2) is 4.79 Å². The van der Waals surface area contributed by atoms with Crippen molar-refractivity contribution >= 4 is 21.9 Å².